The van der Waals surface area contributed by atoms with E-state index in [9.17, 15) is 14.7 Å². The number of carboxylic acids is 1. The number of carboxylic acid groups (broad SMARTS) is 1. The molecule has 0 aliphatic heterocycles. The molecule has 1 saturated carbocycles. The number of aromatic nitrogens is 1. The number of amides is 1. The van der Waals surface area contributed by atoms with E-state index in [4.69, 9.17) is 0 Å². The third-order valence-electron chi connectivity index (χ3n) is 3.79. The molecule has 0 spiro atoms. The average molecular weight is 262 g/mol. The summed E-state index contributed by atoms with van der Waals surface area (Å²) < 4.78 is 0. The number of hydrogen-bond acceptors (Lipinski definition) is 3. The molecule has 1 amide bonds. The molecule has 0 saturated heterocycles. The Hall–Kier alpha value is -1.91. The van der Waals surface area contributed by atoms with Gasteiger partial charge < -0.3 is 10.4 Å². The number of pyridine rings is 1. The van der Waals surface area contributed by atoms with Crippen LogP contribution < -0.4 is 5.32 Å². The Morgan fingerprint density at radius 3 is 2.42 bits per heavy atom. The Kier molecular flexibility index (Phi) is 4.14. The van der Waals surface area contributed by atoms with Gasteiger partial charge in [-0.05, 0) is 25.0 Å². The minimum absolute atomic E-state index is 0.198. The van der Waals surface area contributed by atoms with Crippen LogP contribution in [0.2, 0.25) is 0 Å². The van der Waals surface area contributed by atoms with Crippen molar-refractivity contribution in [1.82, 2.24) is 10.3 Å². The minimum Gasteiger partial charge on any atom is -0.481 e. The molecule has 5 heteroatoms. The van der Waals surface area contributed by atoms with E-state index in [0.29, 0.717) is 18.4 Å². The molecule has 0 bridgehead atoms. The van der Waals surface area contributed by atoms with E-state index in [-0.39, 0.29) is 12.5 Å². The molecule has 2 rings (SSSR count). The van der Waals surface area contributed by atoms with Crippen molar-refractivity contribution in [2.45, 2.75) is 32.1 Å². The second-order valence-electron chi connectivity index (χ2n) is 5.06. The number of hydrogen-bond donors (Lipinski definition) is 2. The van der Waals surface area contributed by atoms with Crippen LogP contribution in [0, 0.1) is 5.41 Å². The predicted octanol–water partition coefficient (Wildman–Crippen LogP) is 1.85. The highest BCUT2D eigenvalue weighted by molar-refractivity contribution is 5.94. The monoisotopic (exact) mass is 262 g/mol. The van der Waals surface area contributed by atoms with Gasteiger partial charge in [0.15, 0.2) is 0 Å². The van der Waals surface area contributed by atoms with Crippen molar-refractivity contribution in [2.75, 3.05) is 6.54 Å². The van der Waals surface area contributed by atoms with Gasteiger partial charge in [0.2, 0.25) is 0 Å². The Balaban J connectivity index is 2.00. The number of nitrogens with zero attached hydrogens (tertiary/aromatic N) is 1. The number of nitrogens with one attached hydrogen (secondary N) is 1. The fraction of sp³-hybridized carbons (Fsp3) is 0.500. The summed E-state index contributed by atoms with van der Waals surface area (Å²) in [4.78, 5) is 27.2. The van der Waals surface area contributed by atoms with Gasteiger partial charge in [-0.3, -0.25) is 14.6 Å². The van der Waals surface area contributed by atoms with E-state index in [0.717, 1.165) is 19.3 Å². The third-order valence-corrected chi connectivity index (χ3v) is 3.79. The molecule has 0 aromatic carbocycles. The fourth-order valence-electron chi connectivity index (χ4n) is 2.55. The van der Waals surface area contributed by atoms with Crippen molar-refractivity contribution in [2.24, 2.45) is 5.41 Å². The maximum absolute atomic E-state index is 11.9. The molecule has 1 aromatic heterocycles. The van der Waals surface area contributed by atoms with Crippen molar-refractivity contribution in [3.63, 3.8) is 0 Å². The summed E-state index contributed by atoms with van der Waals surface area (Å²) in [5.41, 5.74) is -0.285. The third kappa shape index (κ3) is 3.10. The summed E-state index contributed by atoms with van der Waals surface area (Å²) in [6, 6.07) is 3.23. The summed E-state index contributed by atoms with van der Waals surface area (Å²) in [6.07, 6.45) is 7.27. The standard InChI is InChI=1S/C14H18N2O3/c17-12(11-4-8-15-9-5-11)16-10-14(13(18)19)6-2-1-3-7-14/h4-5,8-9H,1-3,6-7,10H2,(H,16,17)(H,18,19). The number of rotatable bonds is 4. The molecule has 0 radical (unpaired) electrons. The second-order valence-corrected chi connectivity index (χ2v) is 5.06. The first-order valence-electron chi connectivity index (χ1n) is 6.56. The van der Waals surface area contributed by atoms with Gasteiger partial charge in [-0.2, -0.15) is 0 Å². The summed E-state index contributed by atoms with van der Waals surface area (Å²) >= 11 is 0. The first-order valence-corrected chi connectivity index (χ1v) is 6.56. The molecule has 1 heterocycles. The average Bonchev–Trinajstić information content (AvgIpc) is 2.46. The lowest BCUT2D eigenvalue weighted by Crippen LogP contribution is -2.44. The first kappa shape index (κ1) is 13.5. The highest BCUT2D eigenvalue weighted by Gasteiger charge is 2.39. The number of carbonyl (C=O) groups excluding carboxylic acids is 1. The first-order chi connectivity index (χ1) is 9.14. The zero-order chi connectivity index (χ0) is 13.7. The van der Waals surface area contributed by atoms with Crippen LogP contribution >= 0.6 is 0 Å². The van der Waals surface area contributed by atoms with Crippen molar-refractivity contribution < 1.29 is 14.7 Å². The Bertz CT molecular complexity index is 453. The summed E-state index contributed by atoms with van der Waals surface area (Å²) in [7, 11) is 0. The van der Waals surface area contributed by atoms with Gasteiger partial charge in [-0.15, -0.1) is 0 Å². The van der Waals surface area contributed by atoms with E-state index in [1.54, 1.807) is 24.5 Å². The molecule has 1 fully saturated rings. The zero-order valence-electron chi connectivity index (χ0n) is 10.8. The highest BCUT2D eigenvalue weighted by atomic mass is 16.4. The van der Waals surface area contributed by atoms with Crippen LogP contribution in [0.3, 0.4) is 0 Å². The van der Waals surface area contributed by atoms with E-state index in [1.807, 2.05) is 0 Å². The van der Waals surface area contributed by atoms with Gasteiger partial charge in [0, 0.05) is 24.5 Å². The van der Waals surface area contributed by atoms with E-state index >= 15 is 0 Å². The molecule has 1 aromatic rings. The van der Waals surface area contributed by atoms with Crippen LogP contribution in [0.5, 0.6) is 0 Å². The Labute approximate surface area is 112 Å². The van der Waals surface area contributed by atoms with Gasteiger partial charge in [0.25, 0.3) is 5.91 Å². The molecule has 0 unspecified atom stereocenters. The summed E-state index contributed by atoms with van der Waals surface area (Å²) in [6.45, 7) is 0.198. The maximum Gasteiger partial charge on any atom is 0.311 e. The van der Waals surface area contributed by atoms with Gasteiger partial charge in [-0.1, -0.05) is 19.3 Å². The largest absolute Gasteiger partial charge is 0.481 e. The molecular formula is C14H18N2O3. The molecule has 0 atom stereocenters. The van der Waals surface area contributed by atoms with Gasteiger partial charge >= 0.3 is 5.97 Å². The number of carbonyl (C=O) groups is 2. The molecule has 102 valence electrons. The topological polar surface area (TPSA) is 79.3 Å². The number of aliphatic carboxylic acids is 1. The van der Waals surface area contributed by atoms with Gasteiger partial charge in [-0.25, -0.2) is 0 Å². The zero-order valence-corrected chi connectivity index (χ0v) is 10.8. The molecule has 5 nitrogen and oxygen atoms in total. The molecule has 1 aliphatic rings. The van der Waals surface area contributed by atoms with Crippen molar-refractivity contribution in [3.05, 3.63) is 30.1 Å². The predicted molar refractivity (Wildman–Crippen MR) is 69.7 cm³/mol. The lowest BCUT2D eigenvalue weighted by atomic mass is 9.74. The van der Waals surface area contributed by atoms with E-state index in [2.05, 4.69) is 10.3 Å². The van der Waals surface area contributed by atoms with Crippen molar-refractivity contribution >= 4 is 11.9 Å². The fourth-order valence-corrected chi connectivity index (χ4v) is 2.55. The molecular weight excluding hydrogens is 244 g/mol. The SMILES string of the molecule is O=C(NCC1(C(=O)O)CCCCC1)c1ccncc1. The van der Waals surface area contributed by atoms with Crippen LogP contribution in [0.25, 0.3) is 0 Å². The summed E-state index contributed by atoms with van der Waals surface area (Å²) in [5, 5.41) is 12.2. The summed E-state index contributed by atoms with van der Waals surface area (Å²) in [5.74, 6) is -1.05. The van der Waals surface area contributed by atoms with Crippen molar-refractivity contribution in [1.29, 1.82) is 0 Å². The van der Waals surface area contributed by atoms with Crippen LogP contribution in [0.15, 0.2) is 24.5 Å². The van der Waals surface area contributed by atoms with Crippen LogP contribution in [-0.2, 0) is 4.79 Å². The van der Waals surface area contributed by atoms with Crippen molar-refractivity contribution in [3.8, 4) is 0 Å². The smallest absolute Gasteiger partial charge is 0.311 e. The van der Waals surface area contributed by atoms with Crippen LogP contribution in [0.1, 0.15) is 42.5 Å². The molecule has 19 heavy (non-hydrogen) atoms. The second kappa shape index (κ2) is 5.82. The van der Waals surface area contributed by atoms with E-state index < -0.39 is 11.4 Å². The van der Waals surface area contributed by atoms with Gasteiger partial charge in [0.05, 0.1) is 5.41 Å². The molecule has 1 aliphatic carbocycles. The lowest BCUT2D eigenvalue weighted by Gasteiger charge is -2.33. The quantitative estimate of drug-likeness (QED) is 0.867. The van der Waals surface area contributed by atoms with Gasteiger partial charge in [0.1, 0.15) is 0 Å². The Morgan fingerprint density at radius 2 is 1.84 bits per heavy atom. The maximum atomic E-state index is 11.9. The Morgan fingerprint density at radius 1 is 1.21 bits per heavy atom. The normalized spacial score (nSPS) is 17.7. The van der Waals surface area contributed by atoms with Crippen LogP contribution in [0.4, 0.5) is 0 Å². The van der Waals surface area contributed by atoms with Crippen LogP contribution in [-0.4, -0.2) is 28.5 Å². The lowest BCUT2D eigenvalue weighted by molar-refractivity contribution is -0.150. The minimum atomic E-state index is -0.803. The van der Waals surface area contributed by atoms with E-state index in [1.165, 1.54) is 0 Å². The molecule has 2 N–H and O–H groups in total. The highest BCUT2D eigenvalue weighted by Crippen LogP contribution is 2.36.